The van der Waals surface area contributed by atoms with Gasteiger partial charge in [0.15, 0.2) is 11.5 Å². The highest BCUT2D eigenvalue weighted by Crippen LogP contribution is 2.37. The van der Waals surface area contributed by atoms with Crippen molar-refractivity contribution in [2.75, 3.05) is 13.9 Å². The molecule has 2 heterocycles. The van der Waals surface area contributed by atoms with Gasteiger partial charge in [0.05, 0.1) is 13.5 Å². The van der Waals surface area contributed by atoms with Crippen molar-refractivity contribution in [3.63, 3.8) is 0 Å². The third-order valence-electron chi connectivity index (χ3n) is 4.17. The topological polar surface area (TPSA) is 65.1 Å². The number of carbonyl (C=O) groups excluding carboxylic acids is 2. The number of hydrogen-bond donors (Lipinski definition) is 0. The van der Waals surface area contributed by atoms with Crippen LogP contribution in [0.5, 0.6) is 11.5 Å². The van der Waals surface area contributed by atoms with E-state index in [-0.39, 0.29) is 37.6 Å². The zero-order valence-corrected chi connectivity index (χ0v) is 12.8. The zero-order valence-electron chi connectivity index (χ0n) is 12.8. The number of nitrogens with zero attached hydrogens (tertiary/aromatic N) is 1. The summed E-state index contributed by atoms with van der Waals surface area (Å²) >= 11 is 0. The van der Waals surface area contributed by atoms with Crippen LogP contribution in [0.2, 0.25) is 0 Å². The Morgan fingerprint density at radius 1 is 1.23 bits per heavy atom. The minimum atomic E-state index is -0.359. The second-order valence-corrected chi connectivity index (χ2v) is 5.63. The number of esters is 1. The molecule has 1 amide bonds. The lowest BCUT2D eigenvalue weighted by Crippen LogP contribution is -2.42. The Kier molecular flexibility index (Phi) is 3.92. The summed E-state index contributed by atoms with van der Waals surface area (Å²) in [7, 11) is 1.33. The number of carbonyl (C=O) groups is 2. The van der Waals surface area contributed by atoms with Crippen LogP contribution in [0.15, 0.2) is 12.1 Å². The van der Waals surface area contributed by atoms with Gasteiger partial charge in [-0.1, -0.05) is 0 Å². The molecule has 0 saturated carbocycles. The fourth-order valence-electron chi connectivity index (χ4n) is 2.92. The molecule has 1 unspecified atom stereocenters. The van der Waals surface area contributed by atoms with Gasteiger partial charge in [-0.15, -0.1) is 0 Å². The van der Waals surface area contributed by atoms with Gasteiger partial charge in [-0.2, -0.15) is 0 Å². The number of methoxy groups -OCH3 is 1. The second kappa shape index (κ2) is 5.87. The normalized spacial score (nSPS) is 18.8. The zero-order chi connectivity index (χ0) is 15.7. The Balaban J connectivity index is 1.73. The van der Waals surface area contributed by atoms with Crippen LogP contribution in [-0.2, 0) is 27.3 Å². The lowest BCUT2D eigenvalue weighted by atomic mass is 9.94. The van der Waals surface area contributed by atoms with E-state index in [1.165, 1.54) is 12.7 Å². The molecule has 6 nitrogen and oxygen atoms in total. The lowest BCUT2D eigenvalue weighted by molar-refractivity contribution is -0.144. The molecule has 0 fully saturated rings. The lowest BCUT2D eigenvalue weighted by Gasteiger charge is -2.35. The van der Waals surface area contributed by atoms with Crippen molar-refractivity contribution in [3.05, 3.63) is 23.3 Å². The van der Waals surface area contributed by atoms with Gasteiger partial charge < -0.3 is 19.1 Å². The van der Waals surface area contributed by atoms with Crippen LogP contribution >= 0.6 is 0 Å². The van der Waals surface area contributed by atoms with Crippen LogP contribution in [-0.4, -0.2) is 36.7 Å². The molecule has 1 atom stereocenters. The summed E-state index contributed by atoms with van der Waals surface area (Å²) in [5.74, 6) is 1.12. The molecule has 0 aliphatic carbocycles. The molecule has 0 radical (unpaired) electrons. The van der Waals surface area contributed by atoms with Gasteiger partial charge in [-0.3, -0.25) is 9.59 Å². The van der Waals surface area contributed by atoms with Gasteiger partial charge in [0, 0.05) is 19.0 Å². The summed E-state index contributed by atoms with van der Waals surface area (Å²) in [5, 5.41) is 0. The highest BCUT2D eigenvalue weighted by molar-refractivity contribution is 5.81. The summed E-state index contributed by atoms with van der Waals surface area (Å²) in [5.41, 5.74) is 2.27. The van der Waals surface area contributed by atoms with Crippen LogP contribution in [0, 0.1) is 0 Å². The molecule has 22 heavy (non-hydrogen) atoms. The second-order valence-electron chi connectivity index (χ2n) is 5.63. The van der Waals surface area contributed by atoms with Crippen LogP contribution in [0.1, 0.15) is 30.9 Å². The van der Waals surface area contributed by atoms with E-state index in [0.29, 0.717) is 6.54 Å². The first-order valence-corrected chi connectivity index (χ1v) is 7.36. The van der Waals surface area contributed by atoms with Crippen molar-refractivity contribution < 1.29 is 23.8 Å². The predicted octanol–water partition coefficient (Wildman–Crippen LogP) is 1.64. The number of hydrogen-bond acceptors (Lipinski definition) is 5. The summed E-state index contributed by atoms with van der Waals surface area (Å²) in [4.78, 5) is 25.3. The number of amides is 1. The number of fused-ring (bicyclic) bond motifs is 2. The van der Waals surface area contributed by atoms with Gasteiger partial charge in [0.2, 0.25) is 12.7 Å². The van der Waals surface area contributed by atoms with Crippen molar-refractivity contribution in [1.82, 2.24) is 4.90 Å². The van der Waals surface area contributed by atoms with E-state index >= 15 is 0 Å². The summed E-state index contributed by atoms with van der Waals surface area (Å²) in [6.45, 7) is 2.80. The first kappa shape index (κ1) is 14.7. The Labute approximate surface area is 128 Å². The number of rotatable bonds is 3. The van der Waals surface area contributed by atoms with Crippen molar-refractivity contribution >= 4 is 11.9 Å². The Morgan fingerprint density at radius 2 is 1.91 bits per heavy atom. The van der Waals surface area contributed by atoms with Gasteiger partial charge in [-0.05, 0) is 36.6 Å². The van der Waals surface area contributed by atoms with E-state index in [0.717, 1.165) is 23.5 Å². The first-order chi connectivity index (χ1) is 10.6. The van der Waals surface area contributed by atoms with E-state index in [1.807, 2.05) is 24.0 Å². The van der Waals surface area contributed by atoms with Crippen molar-refractivity contribution in [2.24, 2.45) is 0 Å². The maximum Gasteiger partial charge on any atom is 0.306 e. The smallest absolute Gasteiger partial charge is 0.306 e. The molecule has 1 aromatic rings. The molecule has 0 spiro atoms. The average Bonchev–Trinajstić information content (AvgIpc) is 2.96. The van der Waals surface area contributed by atoms with Gasteiger partial charge in [0.25, 0.3) is 0 Å². The molecule has 1 aromatic carbocycles. The van der Waals surface area contributed by atoms with Crippen molar-refractivity contribution in [3.8, 4) is 11.5 Å². The minimum Gasteiger partial charge on any atom is -0.469 e. The van der Waals surface area contributed by atoms with E-state index in [2.05, 4.69) is 4.74 Å². The maximum absolute atomic E-state index is 12.3. The van der Waals surface area contributed by atoms with E-state index < -0.39 is 0 Å². The number of ether oxygens (including phenoxy) is 3. The SMILES string of the molecule is COC(=O)CCC(=O)N1Cc2cc3c(cc2CC1C)OCO3. The summed E-state index contributed by atoms with van der Waals surface area (Å²) < 4.78 is 15.4. The van der Waals surface area contributed by atoms with Crippen LogP contribution in [0.25, 0.3) is 0 Å². The number of benzene rings is 1. The molecular formula is C16H19NO5. The monoisotopic (exact) mass is 305 g/mol. The molecule has 0 saturated heterocycles. The molecule has 0 aromatic heterocycles. The maximum atomic E-state index is 12.3. The molecular weight excluding hydrogens is 286 g/mol. The van der Waals surface area contributed by atoms with Gasteiger partial charge in [-0.25, -0.2) is 0 Å². The first-order valence-electron chi connectivity index (χ1n) is 7.36. The predicted molar refractivity (Wildman–Crippen MR) is 77.5 cm³/mol. The van der Waals surface area contributed by atoms with E-state index in [4.69, 9.17) is 9.47 Å². The highest BCUT2D eigenvalue weighted by Gasteiger charge is 2.29. The fourth-order valence-corrected chi connectivity index (χ4v) is 2.92. The van der Waals surface area contributed by atoms with E-state index in [1.54, 1.807) is 0 Å². The third-order valence-corrected chi connectivity index (χ3v) is 4.17. The quantitative estimate of drug-likeness (QED) is 0.794. The van der Waals surface area contributed by atoms with Crippen LogP contribution in [0.4, 0.5) is 0 Å². The Hall–Kier alpha value is -2.24. The van der Waals surface area contributed by atoms with Gasteiger partial charge >= 0.3 is 5.97 Å². The van der Waals surface area contributed by atoms with Crippen LogP contribution in [0.3, 0.4) is 0 Å². The van der Waals surface area contributed by atoms with Crippen molar-refractivity contribution in [1.29, 1.82) is 0 Å². The molecule has 3 rings (SSSR count). The molecule has 2 aliphatic heterocycles. The minimum absolute atomic E-state index is 0.0267. The molecule has 2 aliphatic rings. The molecule has 6 heteroatoms. The third kappa shape index (κ3) is 2.73. The summed E-state index contributed by atoms with van der Waals surface area (Å²) in [6, 6.07) is 4.05. The van der Waals surface area contributed by atoms with E-state index in [9.17, 15) is 9.59 Å². The summed E-state index contributed by atoms with van der Waals surface area (Å²) in [6.07, 6.45) is 1.07. The molecule has 0 N–H and O–H groups in total. The Bertz CT molecular complexity index is 613. The van der Waals surface area contributed by atoms with Crippen molar-refractivity contribution in [2.45, 2.75) is 38.8 Å². The Morgan fingerprint density at radius 3 is 2.59 bits per heavy atom. The van der Waals surface area contributed by atoms with Crippen LogP contribution < -0.4 is 9.47 Å². The van der Waals surface area contributed by atoms with Gasteiger partial charge in [0.1, 0.15) is 0 Å². The average molecular weight is 305 g/mol. The standard InChI is InChI=1S/C16H19NO5/c1-10-5-11-6-13-14(22-9-21-13)7-12(11)8-17(10)15(18)3-4-16(19)20-2/h6-7,10H,3-5,8-9H2,1-2H3. The molecule has 118 valence electrons. The molecule has 0 bridgehead atoms. The highest BCUT2D eigenvalue weighted by atomic mass is 16.7. The fraction of sp³-hybridized carbons (Fsp3) is 0.500. The largest absolute Gasteiger partial charge is 0.469 e.